The zero-order valence-corrected chi connectivity index (χ0v) is 8.37. The summed E-state index contributed by atoms with van der Waals surface area (Å²) in [6, 6.07) is 1.97. The Labute approximate surface area is 86.5 Å². The van der Waals surface area contributed by atoms with Gasteiger partial charge in [0.15, 0.2) is 11.6 Å². The molecule has 0 saturated carbocycles. The Morgan fingerprint density at radius 2 is 2.00 bits per heavy atom. The number of hydrogen-bond acceptors (Lipinski definition) is 2. The summed E-state index contributed by atoms with van der Waals surface area (Å²) < 4.78 is 30.4. The molecule has 0 unspecified atom stereocenters. The Hall–Kier alpha value is -1.21. The molecule has 0 amide bonds. The Balaban J connectivity index is 3.20. The predicted molar refractivity (Wildman–Crippen MR) is 53.6 cm³/mol. The molecule has 1 aromatic rings. The first-order valence-electron chi connectivity index (χ1n) is 3.81. The number of thiol groups is 1. The number of ether oxygens (including phenoxy) is 1. The van der Waals surface area contributed by atoms with Crippen LogP contribution in [0.4, 0.5) is 8.78 Å². The lowest BCUT2D eigenvalue weighted by atomic mass is 10.2. The first-order chi connectivity index (χ1) is 6.69. The van der Waals surface area contributed by atoms with E-state index >= 15 is 0 Å². The third kappa shape index (κ3) is 2.39. The molecular weight excluding hydrogens is 206 g/mol. The highest BCUT2D eigenvalue weighted by Crippen LogP contribution is 2.20. The summed E-state index contributed by atoms with van der Waals surface area (Å²) in [5.41, 5.74) is 0.320. The number of methoxy groups -OCH3 is 1. The number of halogens is 2. The molecule has 0 N–H and O–H groups in total. The quantitative estimate of drug-likeness (QED) is 0.557. The molecule has 0 aliphatic carbocycles. The summed E-state index contributed by atoms with van der Waals surface area (Å²) >= 11 is 3.88. The van der Waals surface area contributed by atoms with Crippen LogP contribution in [0, 0.1) is 23.5 Å². The van der Waals surface area contributed by atoms with E-state index in [-0.39, 0.29) is 5.75 Å². The van der Waals surface area contributed by atoms with Crippen LogP contribution in [0.2, 0.25) is 0 Å². The molecule has 0 fully saturated rings. The van der Waals surface area contributed by atoms with E-state index < -0.39 is 11.6 Å². The summed E-state index contributed by atoms with van der Waals surface area (Å²) in [6.07, 6.45) is 0. The van der Waals surface area contributed by atoms with Gasteiger partial charge < -0.3 is 4.74 Å². The van der Waals surface area contributed by atoms with Gasteiger partial charge in [0.1, 0.15) is 5.75 Å². The molecule has 0 aliphatic rings. The molecule has 0 radical (unpaired) electrons. The van der Waals surface area contributed by atoms with Crippen molar-refractivity contribution in [2.45, 2.75) is 0 Å². The maximum atomic E-state index is 12.8. The van der Waals surface area contributed by atoms with E-state index in [2.05, 4.69) is 24.5 Å². The van der Waals surface area contributed by atoms with Gasteiger partial charge in [-0.25, -0.2) is 8.78 Å². The van der Waals surface area contributed by atoms with Crippen molar-refractivity contribution in [2.75, 3.05) is 12.9 Å². The summed E-state index contributed by atoms with van der Waals surface area (Å²) in [5, 5.41) is 0. The molecule has 0 bridgehead atoms. The topological polar surface area (TPSA) is 9.23 Å². The first-order valence-corrected chi connectivity index (χ1v) is 4.45. The third-order valence-electron chi connectivity index (χ3n) is 1.54. The van der Waals surface area contributed by atoms with Crippen LogP contribution in [0.25, 0.3) is 0 Å². The van der Waals surface area contributed by atoms with E-state index in [4.69, 9.17) is 4.74 Å². The van der Waals surface area contributed by atoms with Gasteiger partial charge in [0.25, 0.3) is 0 Å². The van der Waals surface area contributed by atoms with Crippen molar-refractivity contribution >= 4 is 12.6 Å². The molecular formula is C10H8F2OS. The van der Waals surface area contributed by atoms with Crippen LogP contribution in [-0.4, -0.2) is 12.9 Å². The van der Waals surface area contributed by atoms with Crippen LogP contribution >= 0.6 is 12.6 Å². The SMILES string of the molecule is COc1cc(F)c(F)cc1C#CCS. The van der Waals surface area contributed by atoms with Crippen LogP contribution < -0.4 is 4.74 Å². The maximum Gasteiger partial charge on any atom is 0.162 e. The van der Waals surface area contributed by atoms with Gasteiger partial charge >= 0.3 is 0 Å². The van der Waals surface area contributed by atoms with Crippen molar-refractivity contribution in [1.82, 2.24) is 0 Å². The van der Waals surface area contributed by atoms with Crippen LogP contribution in [0.15, 0.2) is 12.1 Å². The lowest BCUT2D eigenvalue weighted by Crippen LogP contribution is -1.92. The normalized spacial score (nSPS) is 9.14. The van der Waals surface area contributed by atoms with Crippen molar-refractivity contribution in [3.05, 3.63) is 29.3 Å². The fourth-order valence-corrected chi connectivity index (χ4v) is 1.01. The van der Waals surface area contributed by atoms with Gasteiger partial charge in [-0.1, -0.05) is 11.8 Å². The third-order valence-corrected chi connectivity index (χ3v) is 1.70. The van der Waals surface area contributed by atoms with Crippen molar-refractivity contribution in [2.24, 2.45) is 0 Å². The van der Waals surface area contributed by atoms with Gasteiger partial charge in [0.05, 0.1) is 18.4 Å². The molecule has 0 aliphatic heterocycles. The van der Waals surface area contributed by atoms with Gasteiger partial charge in [-0.2, -0.15) is 12.6 Å². The Morgan fingerprint density at radius 3 is 2.57 bits per heavy atom. The molecule has 0 atom stereocenters. The zero-order chi connectivity index (χ0) is 10.6. The number of benzene rings is 1. The Bertz CT molecular complexity index is 393. The largest absolute Gasteiger partial charge is 0.495 e. The average molecular weight is 214 g/mol. The average Bonchev–Trinajstić information content (AvgIpc) is 2.19. The molecule has 1 aromatic carbocycles. The second kappa shape index (κ2) is 4.87. The Kier molecular flexibility index (Phi) is 3.78. The fourth-order valence-electron chi connectivity index (χ4n) is 0.930. The van der Waals surface area contributed by atoms with Gasteiger partial charge in [0, 0.05) is 6.07 Å². The molecule has 1 rings (SSSR count). The molecule has 0 spiro atoms. The van der Waals surface area contributed by atoms with Crippen LogP contribution in [-0.2, 0) is 0 Å². The van der Waals surface area contributed by atoms with Crippen LogP contribution in [0.3, 0.4) is 0 Å². The lowest BCUT2D eigenvalue weighted by molar-refractivity contribution is 0.405. The van der Waals surface area contributed by atoms with E-state index in [1.165, 1.54) is 7.11 Å². The second-order valence-corrected chi connectivity index (χ2v) is 2.74. The highest BCUT2D eigenvalue weighted by molar-refractivity contribution is 7.80. The zero-order valence-electron chi connectivity index (χ0n) is 7.47. The minimum absolute atomic E-state index is 0.221. The molecule has 0 saturated heterocycles. The van der Waals surface area contributed by atoms with E-state index in [9.17, 15) is 8.78 Å². The van der Waals surface area contributed by atoms with Crippen molar-refractivity contribution in [3.63, 3.8) is 0 Å². The number of rotatable bonds is 1. The standard InChI is InChI=1S/C10H8F2OS/c1-13-10-6-9(12)8(11)5-7(10)3-2-4-14/h5-6,14H,4H2,1H3. The number of hydrogen-bond donors (Lipinski definition) is 1. The molecule has 1 nitrogen and oxygen atoms in total. The summed E-state index contributed by atoms with van der Waals surface area (Å²) in [6.45, 7) is 0. The van der Waals surface area contributed by atoms with E-state index in [0.29, 0.717) is 11.3 Å². The van der Waals surface area contributed by atoms with E-state index in [0.717, 1.165) is 12.1 Å². The monoisotopic (exact) mass is 214 g/mol. The molecule has 0 aromatic heterocycles. The van der Waals surface area contributed by atoms with Crippen molar-refractivity contribution in [3.8, 4) is 17.6 Å². The summed E-state index contributed by atoms with van der Waals surface area (Å²) in [4.78, 5) is 0. The van der Waals surface area contributed by atoms with Gasteiger partial charge in [0.2, 0.25) is 0 Å². The predicted octanol–water partition coefficient (Wildman–Crippen LogP) is 2.25. The minimum atomic E-state index is -0.946. The fraction of sp³-hybridized carbons (Fsp3) is 0.200. The molecule has 74 valence electrons. The molecule has 4 heteroatoms. The van der Waals surface area contributed by atoms with Crippen LogP contribution in [0.1, 0.15) is 5.56 Å². The van der Waals surface area contributed by atoms with E-state index in [1.54, 1.807) is 0 Å². The smallest absolute Gasteiger partial charge is 0.162 e. The highest BCUT2D eigenvalue weighted by atomic mass is 32.1. The van der Waals surface area contributed by atoms with Gasteiger partial charge in [-0.05, 0) is 6.07 Å². The summed E-state index contributed by atoms with van der Waals surface area (Å²) in [7, 11) is 1.37. The summed E-state index contributed by atoms with van der Waals surface area (Å²) in [5.74, 6) is 3.94. The van der Waals surface area contributed by atoms with Crippen molar-refractivity contribution in [1.29, 1.82) is 0 Å². The van der Waals surface area contributed by atoms with Crippen molar-refractivity contribution < 1.29 is 13.5 Å². The lowest BCUT2D eigenvalue weighted by Gasteiger charge is -2.03. The second-order valence-electron chi connectivity index (χ2n) is 2.43. The van der Waals surface area contributed by atoms with E-state index in [1.807, 2.05) is 0 Å². The maximum absolute atomic E-state index is 12.8. The highest BCUT2D eigenvalue weighted by Gasteiger charge is 2.08. The van der Waals surface area contributed by atoms with Gasteiger partial charge in [-0.15, -0.1) is 0 Å². The Morgan fingerprint density at radius 1 is 1.36 bits per heavy atom. The van der Waals surface area contributed by atoms with Gasteiger partial charge in [-0.3, -0.25) is 0 Å². The minimum Gasteiger partial charge on any atom is -0.495 e. The molecule has 0 heterocycles. The first kappa shape index (κ1) is 10.9. The molecule has 14 heavy (non-hydrogen) atoms. The van der Waals surface area contributed by atoms with Crippen LogP contribution in [0.5, 0.6) is 5.75 Å².